The van der Waals surface area contributed by atoms with Gasteiger partial charge in [-0.25, -0.2) is 13.1 Å². The molecule has 0 spiro atoms. The van der Waals surface area contributed by atoms with E-state index in [0.29, 0.717) is 0 Å². The molecular weight excluding hydrogens is 367 g/mol. The fraction of sp³-hybridized carbons (Fsp3) is 0. The van der Waals surface area contributed by atoms with Crippen LogP contribution in [0.3, 0.4) is 0 Å². The van der Waals surface area contributed by atoms with Crippen molar-refractivity contribution in [2.45, 2.75) is 4.90 Å². The average Bonchev–Trinajstić information content (AvgIpc) is 2.45. The van der Waals surface area contributed by atoms with Crippen molar-refractivity contribution in [2.75, 3.05) is 0 Å². The Bertz CT molecular complexity index is 879. The van der Waals surface area contributed by atoms with Gasteiger partial charge in [0, 0.05) is 21.7 Å². The molecule has 0 atom stereocenters. The van der Waals surface area contributed by atoms with E-state index in [1.54, 1.807) is 4.72 Å². The van der Waals surface area contributed by atoms with Crippen LogP contribution < -0.4 is 4.72 Å². The van der Waals surface area contributed by atoms with Gasteiger partial charge < -0.3 is 0 Å². The highest BCUT2D eigenvalue weighted by molar-refractivity contribution is 7.90. The van der Waals surface area contributed by atoms with E-state index >= 15 is 0 Å². The maximum Gasteiger partial charge on any atom is 0.289 e. The van der Waals surface area contributed by atoms with E-state index in [1.165, 1.54) is 30.3 Å². The van der Waals surface area contributed by atoms with Gasteiger partial charge in [0.25, 0.3) is 21.6 Å². The summed E-state index contributed by atoms with van der Waals surface area (Å²) in [5.41, 5.74) is -0.735. The molecule has 1 N–H and O–H groups in total. The maximum atomic E-state index is 12.2. The number of nitrogens with zero attached hydrogens (tertiary/aromatic N) is 1. The summed E-state index contributed by atoms with van der Waals surface area (Å²) in [6.45, 7) is 0. The van der Waals surface area contributed by atoms with Gasteiger partial charge in [-0.15, -0.1) is 0 Å². The summed E-state index contributed by atoms with van der Waals surface area (Å²) in [7, 11) is -4.44. The van der Waals surface area contributed by atoms with Gasteiger partial charge in [0.15, 0.2) is 4.90 Å². The van der Waals surface area contributed by atoms with Crippen LogP contribution in [0.25, 0.3) is 0 Å². The van der Waals surface area contributed by atoms with Gasteiger partial charge in [-0.2, -0.15) is 0 Å². The summed E-state index contributed by atoms with van der Waals surface area (Å²) in [5, 5.41) is 11.2. The molecule has 2 aromatic rings. The molecule has 2 aromatic carbocycles. The zero-order valence-corrected chi connectivity index (χ0v) is 13.5. The lowest BCUT2D eigenvalue weighted by Gasteiger charge is -2.08. The van der Waals surface area contributed by atoms with Crippen molar-refractivity contribution >= 4 is 44.8 Å². The third-order valence-electron chi connectivity index (χ3n) is 2.70. The molecule has 23 heavy (non-hydrogen) atoms. The Morgan fingerprint density at radius 1 is 1.09 bits per heavy atom. The summed E-state index contributed by atoms with van der Waals surface area (Å²) in [6.07, 6.45) is 0. The number of carbonyl (C=O) groups excluding carboxylic acids is 1. The lowest BCUT2D eigenvalue weighted by Crippen LogP contribution is -2.31. The molecular formula is C13H8Cl2N2O5S. The number of para-hydroxylation sites is 1. The second kappa shape index (κ2) is 6.53. The first kappa shape index (κ1) is 17.2. The lowest BCUT2D eigenvalue weighted by molar-refractivity contribution is -0.387. The standard InChI is InChI=1S/C13H8Cl2N2O5S/c14-9-5-8(6-10(15)7-9)13(18)16-23(21,22)12-4-2-1-3-11(12)17(19)20/h1-7H,(H,16,18). The van der Waals surface area contributed by atoms with Crippen LogP contribution in [0, 0.1) is 10.1 Å². The number of sulfonamides is 1. The van der Waals surface area contributed by atoms with E-state index in [-0.39, 0.29) is 15.6 Å². The van der Waals surface area contributed by atoms with E-state index in [4.69, 9.17) is 23.2 Å². The van der Waals surface area contributed by atoms with Crippen LogP contribution in [0.5, 0.6) is 0 Å². The van der Waals surface area contributed by atoms with E-state index in [0.717, 1.165) is 12.1 Å². The fourth-order valence-electron chi connectivity index (χ4n) is 1.76. The van der Waals surface area contributed by atoms with Gasteiger partial charge in [-0.05, 0) is 24.3 Å². The second-order valence-corrected chi connectivity index (χ2v) is 6.84. The summed E-state index contributed by atoms with van der Waals surface area (Å²) >= 11 is 11.5. The number of benzene rings is 2. The van der Waals surface area contributed by atoms with E-state index in [2.05, 4.69) is 0 Å². The molecule has 0 saturated carbocycles. The molecule has 0 aliphatic carbocycles. The second-order valence-electron chi connectivity index (χ2n) is 4.32. The van der Waals surface area contributed by atoms with Crippen LogP contribution in [0.15, 0.2) is 47.4 Å². The Kier molecular flexibility index (Phi) is 4.88. The van der Waals surface area contributed by atoms with Gasteiger partial charge in [-0.1, -0.05) is 35.3 Å². The lowest BCUT2D eigenvalue weighted by atomic mass is 10.2. The van der Waals surface area contributed by atoms with Crippen molar-refractivity contribution in [1.82, 2.24) is 4.72 Å². The molecule has 120 valence electrons. The van der Waals surface area contributed by atoms with Crippen molar-refractivity contribution in [1.29, 1.82) is 0 Å². The van der Waals surface area contributed by atoms with Crippen molar-refractivity contribution in [3.05, 3.63) is 68.2 Å². The summed E-state index contributed by atoms with van der Waals surface area (Å²) < 4.78 is 26.2. The largest absolute Gasteiger partial charge is 0.289 e. The number of nitrogens with one attached hydrogen (secondary N) is 1. The Hall–Kier alpha value is -2.16. The quantitative estimate of drug-likeness (QED) is 0.653. The van der Waals surface area contributed by atoms with Crippen LogP contribution in [0.1, 0.15) is 10.4 Å². The number of nitro groups is 1. The van der Waals surface area contributed by atoms with E-state index < -0.39 is 31.4 Å². The smallest absolute Gasteiger partial charge is 0.268 e. The van der Waals surface area contributed by atoms with Crippen LogP contribution in [-0.4, -0.2) is 19.2 Å². The molecule has 0 radical (unpaired) electrons. The van der Waals surface area contributed by atoms with Gasteiger partial charge in [0.2, 0.25) is 0 Å². The van der Waals surface area contributed by atoms with E-state index in [9.17, 15) is 23.3 Å². The highest BCUT2D eigenvalue weighted by Gasteiger charge is 2.27. The van der Waals surface area contributed by atoms with Crippen molar-refractivity contribution in [3.63, 3.8) is 0 Å². The number of halogens is 2. The highest BCUT2D eigenvalue weighted by Crippen LogP contribution is 2.24. The minimum absolute atomic E-state index is 0.0929. The number of amides is 1. The van der Waals surface area contributed by atoms with Crippen LogP contribution in [0.2, 0.25) is 10.0 Å². The van der Waals surface area contributed by atoms with Gasteiger partial charge in [-0.3, -0.25) is 14.9 Å². The van der Waals surface area contributed by atoms with Gasteiger partial charge in [0.1, 0.15) is 0 Å². The third-order valence-corrected chi connectivity index (χ3v) is 4.52. The molecule has 0 fully saturated rings. The summed E-state index contributed by atoms with van der Waals surface area (Å²) in [4.78, 5) is 21.5. The molecule has 0 bridgehead atoms. The summed E-state index contributed by atoms with van der Waals surface area (Å²) in [6, 6.07) is 8.48. The zero-order chi connectivity index (χ0) is 17.2. The topological polar surface area (TPSA) is 106 Å². The molecule has 0 heterocycles. The first-order chi connectivity index (χ1) is 10.7. The number of rotatable bonds is 4. The first-order valence-electron chi connectivity index (χ1n) is 5.97. The average molecular weight is 375 g/mol. The number of carbonyl (C=O) groups is 1. The number of hydrogen-bond acceptors (Lipinski definition) is 5. The number of nitro benzene ring substituents is 1. The molecule has 10 heteroatoms. The Labute approximate surface area is 141 Å². The number of hydrogen-bond donors (Lipinski definition) is 1. The molecule has 0 aromatic heterocycles. The van der Waals surface area contributed by atoms with Crippen molar-refractivity contribution in [2.24, 2.45) is 0 Å². The minimum Gasteiger partial charge on any atom is -0.268 e. The van der Waals surface area contributed by atoms with Gasteiger partial charge in [0.05, 0.1) is 4.92 Å². The predicted octanol–water partition coefficient (Wildman–Crippen LogP) is 3.02. The van der Waals surface area contributed by atoms with Crippen LogP contribution in [-0.2, 0) is 10.0 Å². The minimum atomic E-state index is -4.44. The first-order valence-corrected chi connectivity index (χ1v) is 8.21. The Morgan fingerprint density at radius 3 is 2.22 bits per heavy atom. The molecule has 2 rings (SSSR count). The molecule has 1 amide bonds. The monoisotopic (exact) mass is 374 g/mol. The maximum absolute atomic E-state index is 12.2. The highest BCUT2D eigenvalue weighted by atomic mass is 35.5. The van der Waals surface area contributed by atoms with Crippen LogP contribution in [0.4, 0.5) is 5.69 Å². The van der Waals surface area contributed by atoms with Gasteiger partial charge >= 0.3 is 0 Å². The Balaban J connectivity index is 2.39. The molecule has 0 aliphatic heterocycles. The molecule has 0 saturated heterocycles. The zero-order valence-electron chi connectivity index (χ0n) is 11.2. The third kappa shape index (κ3) is 3.98. The SMILES string of the molecule is O=C(NS(=O)(=O)c1ccccc1[N+](=O)[O-])c1cc(Cl)cc(Cl)c1. The summed E-state index contributed by atoms with van der Waals surface area (Å²) in [5.74, 6) is -1.01. The molecule has 0 aliphatic rings. The van der Waals surface area contributed by atoms with Crippen molar-refractivity contribution < 1.29 is 18.1 Å². The molecule has 7 nitrogen and oxygen atoms in total. The molecule has 0 unspecified atom stereocenters. The van der Waals surface area contributed by atoms with Crippen LogP contribution >= 0.6 is 23.2 Å². The Morgan fingerprint density at radius 2 is 1.65 bits per heavy atom. The predicted molar refractivity (Wildman–Crippen MR) is 84.2 cm³/mol. The fourth-order valence-corrected chi connectivity index (χ4v) is 3.43. The normalized spacial score (nSPS) is 11.0. The van der Waals surface area contributed by atoms with E-state index in [1.807, 2.05) is 0 Å². The van der Waals surface area contributed by atoms with Crippen molar-refractivity contribution in [3.8, 4) is 0 Å².